The quantitative estimate of drug-likeness (QED) is 0.750. The highest BCUT2D eigenvalue weighted by Crippen LogP contribution is 2.57. The van der Waals surface area contributed by atoms with Gasteiger partial charge >= 0.3 is 11.9 Å². The van der Waals surface area contributed by atoms with Crippen molar-refractivity contribution < 1.29 is 33.3 Å². The summed E-state index contributed by atoms with van der Waals surface area (Å²) in [5.41, 5.74) is 0.446. The van der Waals surface area contributed by atoms with Gasteiger partial charge in [-0.15, -0.1) is 0 Å². The normalized spacial score (nSPS) is 30.0. The molecule has 3 aliphatic rings. The number of ether oxygens (including phenoxy) is 4. The number of carbonyl (C=O) groups is 3. The van der Waals surface area contributed by atoms with Crippen molar-refractivity contribution in [3.8, 4) is 11.5 Å². The second-order valence-corrected chi connectivity index (χ2v) is 7.14. The Labute approximate surface area is 156 Å². The van der Waals surface area contributed by atoms with E-state index in [0.717, 1.165) is 6.42 Å². The number of benzene rings is 1. The van der Waals surface area contributed by atoms with Crippen LogP contribution < -0.4 is 14.8 Å². The lowest BCUT2D eigenvalue weighted by molar-refractivity contribution is -0.157. The molecule has 1 saturated heterocycles. The van der Waals surface area contributed by atoms with Crippen LogP contribution in [0.1, 0.15) is 12.8 Å². The molecular weight excluding hydrogens is 354 g/mol. The molecule has 2 aliphatic carbocycles. The predicted molar refractivity (Wildman–Crippen MR) is 92.2 cm³/mol. The van der Waals surface area contributed by atoms with Crippen LogP contribution in [-0.4, -0.2) is 44.8 Å². The van der Waals surface area contributed by atoms with Crippen LogP contribution in [0.25, 0.3) is 0 Å². The lowest BCUT2D eigenvalue weighted by atomic mass is 9.80. The molecule has 1 N–H and O–H groups in total. The topological polar surface area (TPSA) is 100 Å². The zero-order valence-corrected chi connectivity index (χ0v) is 15.1. The molecule has 0 spiro atoms. The Hall–Kier alpha value is -2.77. The summed E-state index contributed by atoms with van der Waals surface area (Å²) in [4.78, 5) is 36.6. The average molecular weight is 375 g/mol. The summed E-state index contributed by atoms with van der Waals surface area (Å²) in [6.45, 7) is -0.424. The van der Waals surface area contributed by atoms with E-state index in [9.17, 15) is 14.4 Å². The smallest absolute Gasteiger partial charge is 0.310 e. The summed E-state index contributed by atoms with van der Waals surface area (Å²) in [6, 6.07) is 4.96. The molecule has 2 saturated carbocycles. The Morgan fingerprint density at radius 2 is 2.04 bits per heavy atom. The molecule has 3 fully saturated rings. The van der Waals surface area contributed by atoms with Crippen LogP contribution in [0.4, 0.5) is 5.69 Å². The molecule has 144 valence electrons. The number of esters is 2. The SMILES string of the molecule is COc1ccc(NC(=O)COC(=O)[C@H]2[C@@H]3C[C@H]4[C@@H]2C(=O)O[C@@H]4C3)c(OC)c1. The van der Waals surface area contributed by atoms with Gasteiger partial charge in [-0.05, 0) is 30.9 Å². The van der Waals surface area contributed by atoms with E-state index in [1.807, 2.05) is 0 Å². The van der Waals surface area contributed by atoms with E-state index in [4.69, 9.17) is 18.9 Å². The first-order valence-corrected chi connectivity index (χ1v) is 8.91. The van der Waals surface area contributed by atoms with Crippen molar-refractivity contribution >= 4 is 23.5 Å². The van der Waals surface area contributed by atoms with Crippen LogP contribution in [-0.2, 0) is 23.9 Å². The molecule has 27 heavy (non-hydrogen) atoms. The molecule has 0 unspecified atom stereocenters. The van der Waals surface area contributed by atoms with Gasteiger partial charge in [0.15, 0.2) is 6.61 Å². The Bertz CT molecular complexity index is 790. The fraction of sp³-hybridized carbons (Fsp3) is 0.526. The molecule has 8 heteroatoms. The number of anilines is 1. The van der Waals surface area contributed by atoms with Crippen molar-refractivity contribution in [2.75, 3.05) is 26.1 Å². The summed E-state index contributed by atoms with van der Waals surface area (Å²) in [5.74, 6) is -0.944. The van der Waals surface area contributed by atoms with Gasteiger partial charge in [0.05, 0.1) is 31.7 Å². The van der Waals surface area contributed by atoms with E-state index in [1.54, 1.807) is 18.2 Å². The number of rotatable bonds is 6. The molecule has 0 radical (unpaired) electrons. The molecular formula is C19H21NO7. The molecule has 1 heterocycles. The van der Waals surface area contributed by atoms with E-state index < -0.39 is 30.3 Å². The monoisotopic (exact) mass is 375 g/mol. The number of hydrogen-bond donors (Lipinski definition) is 1. The summed E-state index contributed by atoms with van der Waals surface area (Å²) < 4.78 is 20.9. The van der Waals surface area contributed by atoms with Gasteiger partial charge in [-0.25, -0.2) is 0 Å². The van der Waals surface area contributed by atoms with Crippen molar-refractivity contribution in [2.24, 2.45) is 23.7 Å². The molecule has 2 bridgehead atoms. The summed E-state index contributed by atoms with van der Waals surface area (Å²) >= 11 is 0. The number of amides is 1. The lowest BCUT2D eigenvalue weighted by Gasteiger charge is -2.22. The summed E-state index contributed by atoms with van der Waals surface area (Å²) in [6.07, 6.45) is 1.49. The van der Waals surface area contributed by atoms with E-state index in [-0.39, 0.29) is 23.9 Å². The zero-order valence-electron chi connectivity index (χ0n) is 15.1. The summed E-state index contributed by atoms with van der Waals surface area (Å²) in [5, 5.41) is 2.65. The Kier molecular flexibility index (Phi) is 4.41. The molecule has 1 aromatic rings. The molecule has 1 amide bonds. The first-order chi connectivity index (χ1) is 13.0. The molecule has 5 atom stereocenters. The predicted octanol–water partition coefficient (Wildman–Crippen LogP) is 1.38. The Morgan fingerprint density at radius 3 is 2.78 bits per heavy atom. The van der Waals surface area contributed by atoms with Crippen LogP contribution >= 0.6 is 0 Å². The highest BCUT2D eigenvalue weighted by atomic mass is 16.6. The fourth-order valence-electron chi connectivity index (χ4n) is 4.65. The van der Waals surface area contributed by atoms with Gasteiger partial charge < -0.3 is 24.3 Å². The van der Waals surface area contributed by atoms with Crippen LogP contribution in [0.2, 0.25) is 0 Å². The average Bonchev–Trinajstić information content (AvgIpc) is 3.29. The molecule has 1 aromatic carbocycles. The third-order valence-corrected chi connectivity index (χ3v) is 5.78. The van der Waals surface area contributed by atoms with Crippen LogP contribution in [0, 0.1) is 23.7 Å². The highest BCUT2D eigenvalue weighted by molar-refractivity contribution is 5.95. The van der Waals surface area contributed by atoms with E-state index in [1.165, 1.54) is 14.2 Å². The third kappa shape index (κ3) is 2.98. The minimum absolute atomic E-state index is 0.0395. The van der Waals surface area contributed by atoms with Crippen molar-refractivity contribution in [1.29, 1.82) is 0 Å². The molecule has 8 nitrogen and oxygen atoms in total. The van der Waals surface area contributed by atoms with Gasteiger partial charge in [0.25, 0.3) is 5.91 Å². The van der Waals surface area contributed by atoms with Gasteiger partial charge in [0.1, 0.15) is 17.6 Å². The minimum atomic E-state index is -0.498. The van der Waals surface area contributed by atoms with Crippen LogP contribution in [0.15, 0.2) is 18.2 Å². The van der Waals surface area contributed by atoms with Crippen molar-refractivity contribution in [2.45, 2.75) is 18.9 Å². The van der Waals surface area contributed by atoms with Gasteiger partial charge in [0.2, 0.25) is 0 Å². The largest absolute Gasteiger partial charge is 0.497 e. The van der Waals surface area contributed by atoms with Crippen LogP contribution in [0.3, 0.4) is 0 Å². The number of nitrogens with one attached hydrogen (secondary N) is 1. The third-order valence-electron chi connectivity index (χ3n) is 5.78. The first kappa shape index (κ1) is 17.6. The van der Waals surface area contributed by atoms with Gasteiger partial charge in [0, 0.05) is 12.0 Å². The molecule has 0 aromatic heterocycles. The van der Waals surface area contributed by atoms with Gasteiger partial charge in [-0.2, -0.15) is 0 Å². The molecule has 4 rings (SSSR count). The first-order valence-electron chi connectivity index (χ1n) is 8.91. The van der Waals surface area contributed by atoms with E-state index in [2.05, 4.69) is 5.32 Å². The number of methoxy groups -OCH3 is 2. The maximum Gasteiger partial charge on any atom is 0.310 e. The number of carbonyl (C=O) groups excluding carboxylic acids is 3. The second kappa shape index (κ2) is 6.75. The maximum absolute atomic E-state index is 12.5. The van der Waals surface area contributed by atoms with E-state index in [0.29, 0.717) is 23.6 Å². The van der Waals surface area contributed by atoms with Crippen LogP contribution in [0.5, 0.6) is 11.5 Å². The second-order valence-electron chi connectivity index (χ2n) is 7.14. The lowest BCUT2D eigenvalue weighted by Crippen LogP contribution is -2.35. The van der Waals surface area contributed by atoms with Crippen molar-refractivity contribution in [3.63, 3.8) is 0 Å². The number of fused-ring (bicyclic) bond motifs is 1. The summed E-state index contributed by atoms with van der Waals surface area (Å²) in [7, 11) is 3.01. The Balaban J connectivity index is 1.35. The van der Waals surface area contributed by atoms with Gasteiger partial charge in [-0.3, -0.25) is 14.4 Å². The minimum Gasteiger partial charge on any atom is -0.497 e. The standard InChI is InChI=1S/C19H21NO7/c1-24-10-3-4-12(14(7-10)25-2)20-15(21)8-26-18(22)16-9-5-11-13(6-9)27-19(23)17(11)16/h3-4,7,9,11,13,16-17H,5-6,8H2,1-2H3,(H,20,21)/t9-,11-,13-,16+,17+/m1/s1. The van der Waals surface area contributed by atoms with E-state index >= 15 is 0 Å². The van der Waals surface area contributed by atoms with Crippen molar-refractivity contribution in [3.05, 3.63) is 18.2 Å². The molecule has 1 aliphatic heterocycles. The van der Waals surface area contributed by atoms with Gasteiger partial charge in [-0.1, -0.05) is 0 Å². The maximum atomic E-state index is 12.5. The zero-order chi connectivity index (χ0) is 19.1. The fourth-order valence-corrected chi connectivity index (χ4v) is 4.65. The Morgan fingerprint density at radius 1 is 1.22 bits per heavy atom. The number of hydrogen-bond acceptors (Lipinski definition) is 7. The highest BCUT2D eigenvalue weighted by Gasteiger charge is 2.64. The van der Waals surface area contributed by atoms with Crippen molar-refractivity contribution in [1.82, 2.24) is 0 Å².